The summed E-state index contributed by atoms with van der Waals surface area (Å²) in [6.45, 7) is 0. The van der Waals surface area contributed by atoms with Gasteiger partial charge in [-0.1, -0.05) is 0 Å². The summed E-state index contributed by atoms with van der Waals surface area (Å²) >= 11 is 0.667. The van der Waals surface area contributed by atoms with Crippen LogP contribution in [0.25, 0.3) is 0 Å². The summed E-state index contributed by atoms with van der Waals surface area (Å²) in [6, 6.07) is 1.43. The van der Waals surface area contributed by atoms with Gasteiger partial charge in [0.05, 0.1) is 23.1 Å². The fraction of sp³-hybridized carbons (Fsp3) is 0.400. The number of amides is 1. The van der Waals surface area contributed by atoms with Gasteiger partial charge in [-0.25, -0.2) is 4.99 Å². The van der Waals surface area contributed by atoms with Crippen molar-refractivity contribution in [3.05, 3.63) is 11.6 Å². The molecule has 1 unspecified atom stereocenters. The molecule has 0 fully saturated rings. The van der Waals surface area contributed by atoms with Crippen molar-refractivity contribution in [1.82, 2.24) is 0 Å². The lowest BCUT2D eigenvalue weighted by Gasteiger charge is -2.20. The number of rotatable bonds is 3. The summed E-state index contributed by atoms with van der Waals surface area (Å²) < 4.78 is 37.9. The largest absolute Gasteiger partial charge is 0.481 e. The number of thioether (sulfide) groups is 1. The molecular formula is C10H7F3N2O3S. The lowest BCUT2D eigenvalue weighted by Crippen LogP contribution is -2.28. The van der Waals surface area contributed by atoms with Crippen LogP contribution in [0, 0.1) is 17.2 Å². The normalized spacial score (nSPS) is 19.5. The molecule has 0 aromatic heterocycles. The quantitative estimate of drug-likeness (QED) is 0.856. The minimum absolute atomic E-state index is 0.0647. The van der Waals surface area contributed by atoms with E-state index in [0.717, 1.165) is 0 Å². The van der Waals surface area contributed by atoms with E-state index in [1.54, 1.807) is 0 Å². The van der Waals surface area contributed by atoms with Crippen LogP contribution >= 0.6 is 11.8 Å². The zero-order chi connectivity index (χ0) is 14.6. The molecule has 1 heterocycles. The third-order valence-corrected chi connectivity index (χ3v) is 3.11. The summed E-state index contributed by atoms with van der Waals surface area (Å²) in [4.78, 5) is 24.7. The number of allylic oxidation sites excluding steroid dienone is 1. The molecule has 1 amide bonds. The van der Waals surface area contributed by atoms with Crippen LogP contribution in [0.1, 0.15) is 6.42 Å². The fourth-order valence-corrected chi connectivity index (χ4v) is 2.27. The summed E-state index contributed by atoms with van der Waals surface area (Å²) in [5, 5.41) is 16.9. The smallest absolute Gasteiger partial charge is 0.414 e. The van der Waals surface area contributed by atoms with Crippen molar-refractivity contribution in [1.29, 1.82) is 5.26 Å². The number of carboxylic acid groups (broad SMARTS) is 1. The molecule has 0 aliphatic carbocycles. The molecule has 0 saturated carbocycles. The van der Waals surface area contributed by atoms with Crippen molar-refractivity contribution < 1.29 is 27.9 Å². The molecule has 1 atom stereocenters. The SMILES string of the molecule is N#CC1C(C(F)(F)F)=CC(=O)N=C1SCCC(=O)O. The number of carbonyl (C=O) groups is 2. The van der Waals surface area contributed by atoms with Crippen LogP contribution in [0.15, 0.2) is 16.6 Å². The second kappa shape index (κ2) is 5.88. The summed E-state index contributed by atoms with van der Waals surface area (Å²) in [6.07, 6.45) is -4.82. The third-order valence-electron chi connectivity index (χ3n) is 2.08. The predicted molar refractivity (Wildman–Crippen MR) is 60.4 cm³/mol. The molecular weight excluding hydrogens is 285 g/mol. The predicted octanol–water partition coefficient (Wildman–Crippen LogP) is 1.76. The molecule has 9 heteroatoms. The molecule has 5 nitrogen and oxygen atoms in total. The second-order valence-corrected chi connectivity index (χ2v) is 4.56. The lowest BCUT2D eigenvalue weighted by molar-refractivity contribution is -0.136. The molecule has 1 N–H and O–H groups in total. The van der Waals surface area contributed by atoms with Gasteiger partial charge in [-0.3, -0.25) is 9.59 Å². The van der Waals surface area contributed by atoms with Crippen molar-refractivity contribution in [3.63, 3.8) is 0 Å². The monoisotopic (exact) mass is 292 g/mol. The Morgan fingerprint density at radius 2 is 2.21 bits per heavy atom. The highest BCUT2D eigenvalue weighted by Gasteiger charge is 2.43. The van der Waals surface area contributed by atoms with Crippen LogP contribution < -0.4 is 0 Å². The van der Waals surface area contributed by atoms with Crippen LogP contribution in [0.2, 0.25) is 0 Å². The van der Waals surface area contributed by atoms with E-state index in [4.69, 9.17) is 10.4 Å². The Morgan fingerprint density at radius 1 is 1.58 bits per heavy atom. The number of aliphatic carboxylic acids is 1. The molecule has 0 spiro atoms. The maximum atomic E-state index is 12.6. The minimum Gasteiger partial charge on any atom is -0.481 e. The Morgan fingerprint density at radius 3 is 2.68 bits per heavy atom. The van der Waals surface area contributed by atoms with Gasteiger partial charge in [-0.2, -0.15) is 18.4 Å². The molecule has 0 bridgehead atoms. The first kappa shape index (κ1) is 15.2. The Balaban J connectivity index is 2.91. The second-order valence-electron chi connectivity index (χ2n) is 3.44. The van der Waals surface area contributed by atoms with E-state index in [9.17, 15) is 22.8 Å². The highest BCUT2D eigenvalue weighted by atomic mass is 32.2. The van der Waals surface area contributed by atoms with Crippen LogP contribution in [0.4, 0.5) is 13.2 Å². The molecule has 1 aliphatic heterocycles. The summed E-state index contributed by atoms with van der Waals surface area (Å²) in [7, 11) is 0. The molecule has 0 aromatic rings. The Labute approximate surface area is 109 Å². The first-order valence-electron chi connectivity index (χ1n) is 4.91. The number of carbonyl (C=O) groups excluding carboxylic acids is 1. The van der Waals surface area contributed by atoms with Gasteiger partial charge in [0.25, 0.3) is 5.91 Å². The summed E-state index contributed by atoms with van der Waals surface area (Å²) in [5.74, 6) is -3.98. The first-order chi connectivity index (χ1) is 8.75. The number of hydrogen-bond acceptors (Lipinski definition) is 4. The van der Waals surface area contributed by atoms with Gasteiger partial charge in [-0.15, -0.1) is 11.8 Å². The number of carboxylic acids is 1. The minimum atomic E-state index is -4.80. The number of nitrogens with zero attached hydrogens (tertiary/aromatic N) is 2. The van der Waals surface area contributed by atoms with E-state index < -0.39 is 29.5 Å². The number of halogens is 3. The van der Waals surface area contributed by atoms with E-state index in [1.807, 2.05) is 0 Å². The highest BCUT2D eigenvalue weighted by molar-refractivity contribution is 8.14. The molecule has 0 saturated heterocycles. The molecule has 102 valence electrons. The Kier molecular flexibility index (Phi) is 4.72. The maximum Gasteiger partial charge on any atom is 0.414 e. The standard InChI is InChI=1S/C10H7F3N2O3S/c11-10(12,13)6-3-7(16)15-9(5(6)4-14)19-2-1-8(17)18/h3,5H,1-2H2,(H,17,18). The van der Waals surface area contributed by atoms with Crippen molar-refractivity contribution in [2.75, 3.05) is 5.75 Å². The van der Waals surface area contributed by atoms with E-state index in [1.165, 1.54) is 6.07 Å². The lowest BCUT2D eigenvalue weighted by atomic mass is 9.98. The van der Waals surface area contributed by atoms with Gasteiger partial charge >= 0.3 is 12.1 Å². The van der Waals surface area contributed by atoms with Crippen LogP contribution in [-0.2, 0) is 9.59 Å². The van der Waals surface area contributed by atoms with Crippen molar-refractivity contribution >= 4 is 28.7 Å². The van der Waals surface area contributed by atoms with E-state index in [0.29, 0.717) is 11.8 Å². The average Bonchev–Trinajstić information content (AvgIpc) is 2.26. The van der Waals surface area contributed by atoms with Gasteiger partial charge in [0.15, 0.2) is 0 Å². The van der Waals surface area contributed by atoms with Gasteiger partial charge in [-0.05, 0) is 0 Å². The molecule has 19 heavy (non-hydrogen) atoms. The van der Waals surface area contributed by atoms with Crippen LogP contribution in [0.5, 0.6) is 0 Å². The van der Waals surface area contributed by atoms with Gasteiger partial charge < -0.3 is 5.11 Å². The van der Waals surface area contributed by atoms with E-state index in [-0.39, 0.29) is 23.3 Å². The number of nitriles is 1. The number of hydrogen-bond donors (Lipinski definition) is 1. The number of alkyl halides is 3. The first-order valence-corrected chi connectivity index (χ1v) is 5.89. The van der Waals surface area contributed by atoms with Crippen LogP contribution in [0.3, 0.4) is 0 Å². The molecule has 1 rings (SSSR count). The highest BCUT2D eigenvalue weighted by Crippen LogP contribution is 2.36. The van der Waals surface area contributed by atoms with Gasteiger partial charge in [0.1, 0.15) is 5.92 Å². The maximum absolute atomic E-state index is 12.6. The number of dihydropyridines is 1. The Bertz CT molecular complexity index is 505. The zero-order valence-corrected chi connectivity index (χ0v) is 10.1. The van der Waals surface area contributed by atoms with Gasteiger partial charge in [0.2, 0.25) is 0 Å². The van der Waals surface area contributed by atoms with Crippen molar-refractivity contribution in [3.8, 4) is 6.07 Å². The van der Waals surface area contributed by atoms with Crippen LogP contribution in [-0.4, -0.2) is 34.0 Å². The summed E-state index contributed by atoms with van der Waals surface area (Å²) in [5.41, 5.74) is -1.27. The fourth-order valence-electron chi connectivity index (χ4n) is 1.28. The topological polar surface area (TPSA) is 90.5 Å². The molecule has 0 radical (unpaired) electrons. The molecule has 0 aromatic carbocycles. The Hall–Kier alpha value is -1.82. The van der Waals surface area contributed by atoms with Gasteiger partial charge in [0, 0.05) is 11.8 Å². The van der Waals surface area contributed by atoms with E-state index in [2.05, 4.69) is 4.99 Å². The molecule has 1 aliphatic rings. The van der Waals surface area contributed by atoms with Crippen molar-refractivity contribution in [2.45, 2.75) is 12.6 Å². The average molecular weight is 292 g/mol. The van der Waals surface area contributed by atoms with Crippen molar-refractivity contribution in [2.24, 2.45) is 10.9 Å². The zero-order valence-electron chi connectivity index (χ0n) is 9.27. The number of aliphatic imine (C=N–C) groups is 1. The third kappa shape index (κ3) is 4.10. The van der Waals surface area contributed by atoms with E-state index >= 15 is 0 Å².